The van der Waals surface area contributed by atoms with Crippen LogP contribution in [0.1, 0.15) is 96.9 Å². The summed E-state index contributed by atoms with van der Waals surface area (Å²) in [5.41, 5.74) is 13.9. The van der Waals surface area contributed by atoms with Gasteiger partial charge in [0.05, 0.1) is 41.1 Å². The number of carbonyl (C=O) groups excluding carboxylic acids is 2. The van der Waals surface area contributed by atoms with Gasteiger partial charge in [0.1, 0.15) is 11.4 Å². The molecule has 0 unspecified atom stereocenters. The van der Waals surface area contributed by atoms with Crippen LogP contribution in [0.5, 0.6) is 0 Å². The number of benzene rings is 3. The van der Waals surface area contributed by atoms with Gasteiger partial charge in [-0.1, -0.05) is 61.9 Å². The molecule has 9 heteroatoms. The molecular formula is C43H41N7O2. The molecule has 0 fully saturated rings. The molecule has 52 heavy (non-hydrogen) atoms. The predicted octanol–water partition coefficient (Wildman–Crippen LogP) is 9.29. The number of H-pyrrole nitrogens is 2. The number of aliphatic imine (C=N–C) groups is 2. The van der Waals surface area contributed by atoms with E-state index in [9.17, 15) is 9.59 Å². The Hall–Kier alpha value is -6.35. The Morgan fingerprint density at radius 1 is 0.596 bits per heavy atom. The zero-order chi connectivity index (χ0) is 36.4. The van der Waals surface area contributed by atoms with Gasteiger partial charge in [-0.15, -0.1) is 0 Å². The third-order valence-electron chi connectivity index (χ3n) is 9.71. The Morgan fingerprint density at radius 3 is 1.52 bits per heavy atom. The van der Waals surface area contributed by atoms with Crippen molar-refractivity contribution in [2.24, 2.45) is 9.98 Å². The van der Waals surface area contributed by atoms with E-state index in [4.69, 9.17) is 9.98 Å². The third-order valence-corrected chi connectivity index (χ3v) is 9.71. The van der Waals surface area contributed by atoms with E-state index >= 15 is 0 Å². The number of aromatic amines is 2. The zero-order valence-corrected chi connectivity index (χ0v) is 30.0. The number of amides is 2. The molecule has 4 heterocycles. The van der Waals surface area contributed by atoms with Gasteiger partial charge in [0.25, 0.3) is 11.8 Å². The van der Waals surface area contributed by atoms with Crippen LogP contribution in [-0.4, -0.2) is 39.2 Å². The lowest BCUT2D eigenvalue weighted by molar-refractivity contribution is 0.101. The fourth-order valence-electron chi connectivity index (χ4n) is 6.99. The van der Waals surface area contributed by atoms with Crippen molar-refractivity contribution in [2.45, 2.75) is 53.4 Å². The van der Waals surface area contributed by atoms with Crippen LogP contribution in [0.4, 0.5) is 22.7 Å². The third kappa shape index (κ3) is 6.85. The second-order valence-electron chi connectivity index (χ2n) is 13.1. The van der Waals surface area contributed by atoms with Gasteiger partial charge in [0, 0.05) is 22.8 Å². The van der Waals surface area contributed by atoms with Gasteiger partial charge in [0.2, 0.25) is 0 Å². The minimum atomic E-state index is -0.435. The van der Waals surface area contributed by atoms with Crippen LogP contribution in [0.15, 0.2) is 101 Å². The van der Waals surface area contributed by atoms with Crippen molar-refractivity contribution in [3.8, 4) is 0 Å². The van der Waals surface area contributed by atoms with Crippen molar-refractivity contribution in [1.82, 2.24) is 15.0 Å². The Labute approximate surface area is 303 Å². The molecule has 10 bridgehead atoms. The van der Waals surface area contributed by atoms with Crippen molar-refractivity contribution >= 4 is 47.0 Å². The summed E-state index contributed by atoms with van der Waals surface area (Å²) < 4.78 is 0. The van der Waals surface area contributed by atoms with Crippen LogP contribution in [0.2, 0.25) is 0 Å². The molecule has 6 aromatic rings. The van der Waals surface area contributed by atoms with Crippen LogP contribution in [-0.2, 0) is 12.8 Å². The maximum absolute atomic E-state index is 13.3. The van der Waals surface area contributed by atoms with Gasteiger partial charge in [-0.05, 0) is 110 Å². The normalized spacial score (nSPS) is 14.4. The van der Waals surface area contributed by atoms with E-state index in [1.165, 1.54) is 33.4 Å². The number of hydrogen-bond acceptors (Lipinski definition) is 5. The first-order chi connectivity index (χ1) is 25.2. The molecule has 9 nitrogen and oxygen atoms in total. The molecular weight excluding hydrogens is 647 g/mol. The first-order valence-corrected chi connectivity index (χ1v) is 17.6. The summed E-state index contributed by atoms with van der Waals surface area (Å²) >= 11 is 0. The van der Waals surface area contributed by atoms with Crippen LogP contribution in [0.25, 0.3) is 0 Å². The number of carbonyl (C=O) groups is 2. The second kappa shape index (κ2) is 14.5. The van der Waals surface area contributed by atoms with Gasteiger partial charge >= 0.3 is 0 Å². The number of anilines is 2. The van der Waals surface area contributed by atoms with Crippen molar-refractivity contribution in [2.75, 3.05) is 10.6 Å². The van der Waals surface area contributed by atoms with Gasteiger partial charge in [-0.2, -0.15) is 0 Å². The Morgan fingerprint density at radius 2 is 1.06 bits per heavy atom. The number of nitrogens with one attached hydrogen (secondary N) is 4. The SMILES string of the molecule is CCc1c2[nH]c(c1C)C(c1ccc(C)cc1)c1[nH]c(c(CC)c1C)C=Nc1cccc(c1)NC(=O)c1cccc(n1)C(=O)Nc1cccc(c1)N=C2. The summed E-state index contributed by atoms with van der Waals surface area (Å²) in [4.78, 5) is 48.1. The summed E-state index contributed by atoms with van der Waals surface area (Å²) in [6.07, 6.45) is 5.39. The number of hydrogen-bond donors (Lipinski definition) is 4. The summed E-state index contributed by atoms with van der Waals surface area (Å²) in [6, 6.07) is 28.2. The highest BCUT2D eigenvalue weighted by molar-refractivity contribution is 6.06. The summed E-state index contributed by atoms with van der Waals surface area (Å²) in [6.45, 7) is 10.8. The number of nitrogens with zero attached hydrogens (tertiary/aromatic N) is 3. The monoisotopic (exact) mass is 687 g/mol. The molecule has 0 saturated carbocycles. The Bertz CT molecular complexity index is 2220. The number of fused-ring (bicyclic) bond motifs is 10. The molecule has 3 aromatic heterocycles. The van der Waals surface area contributed by atoms with E-state index in [1.807, 2.05) is 48.8 Å². The minimum Gasteiger partial charge on any atom is -0.356 e. The highest BCUT2D eigenvalue weighted by Gasteiger charge is 2.28. The fourth-order valence-corrected chi connectivity index (χ4v) is 6.99. The summed E-state index contributed by atoms with van der Waals surface area (Å²) in [7, 11) is 0. The van der Waals surface area contributed by atoms with Crippen LogP contribution in [0, 0.1) is 20.8 Å². The van der Waals surface area contributed by atoms with Crippen LogP contribution < -0.4 is 10.6 Å². The minimum absolute atomic E-state index is 0.103. The van der Waals surface area contributed by atoms with Crippen molar-refractivity contribution < 1.29 is 9.59 Å². The molecule has 1 aliphatic rings. The highest BCUT2D eigenvalue weighted by atomic mass is 16.2. The number of aryl methyl sites for hydroxylation is 1. The molecule has 0 spiro atoms. The molecule has 1 aliphatic heterocycles. The average Bonchev–Trinajstić information content (AvgIpc) is 3.64. The van der Waals surface area contributed by atoms with Gasteiger partial charge in [-0.25, -0.2) is 4.98 Å². The number of pyridine rings is 1. The second-order valence-corrected chi connectivity index (χ2v) is 13.1. The van der Waals surface area contributed by atoms with Crippen molar-refractivity contribution in [3.05, 3.63) is 159 Å². The van der Waals surface area contributed by atoms with Gasteiger partial charge in [-0.3, -0.25) is 19.6 Å². The van der Waals surface area contributed by atoms with E-state index in [2.05, 4.69) is 84.5 Å². The van der Waals surface area contributed by atoms with Crippen molar-refractivity contribution in [3.63, 3.8) is 0 Å². The first-order valence-electron chi connectivity index (χ1n) is 17.6. The lowest BCUT2D eigenvalue weighted by Gasteiger charge is -2.19. The average molecular weight is 688 g/mol. The highest BCUT2D eigenvalue weighted by Crippen LogP contribution is 2.38. The summed E-state index contributed by atoms with van der Waals surface area (Å²) in [5.74, 6) is -0.973. The topological polar surface area (TPSA) is 127 Å². The number of rotatable bonds is 3. The van der Waals surface area contributed by atoms with E-state index in [0.29, 0.717) is 22.7 Å². The predicted molar refractivity (Wildman–Crippen MR) is 209 cm³/mol. The molecule has 4 N–H and O–H groups in total. The van der Waals surface area contributed by atoms with E-state index in [1.54, 1.807) is 30.3 Å². The van der Waals surface area contributed by atoms with E-state index in [0.717, 1.165) is 35.6 Å². The standard InChI is InChI=1S/C43H41N7O2/c1-6-33-26(4)40-39(28-19-17-25(3)18-20-28)41-27(5)34(7-2)38(50-41)24-45-30-12-9-14-32(22-30)47-43(52)36-16-10-15-35(48-36)42(51)46-31-13-8-11-29(21-31)44-23-37(33)49-40/h8-24,39,49-50H,6-7H2,1-5H3,(H,46,51)(H,47,52). The molecule has 0 saturated heterocycles. The largest absolute Gasteiger partial charge is 0.356 e. The quantitative estimate of drug-likeness (QED) is 0.148. The molecule has 7 rings (SSSR count). The molecule has 0 radical (unpaired) electrons. The van der Waals surface area contributed by atoms with Crippen LogP contribution in [0.3, 0.4) is 0 Å². The lowest BCUT2D eigenvalue weighted by Crippen LogP contribution is -2.18. The summed E-state index contributed by atoms with van der Waals surface area (Å²) in [5, 5.41) is 5.80. The fraction of sp³-hybridized carbons (Fsp3) is 0.186. The zero-order valence-electron chi connectivity index (χ0n) is 30.0. The maximum atomic E-state index is 13.3. The molecule has 260 valence electrons. The van der Waals surface area contributed by atoms with E-state index in [-0.39, 0.29) is 17.3 Å². The Kier molecular flexibility index (Phi) is 9.50. The van der Waals surface area contributed by atoms with E-state index < -0.39 is 11.8 Å². The molecule has 3 aromatic carbocycles. The maximum Gasteiger partial charge on any atom is 0.274 e. The van der Waals surface area contributed by atoms with Gasteiger partial charge < -0.3 is 20.6 Å². The molecule has 2 amide bonds. The smallest absolute Gasteiger partial charge is 0.274 e. The van der Waals surface area contributed by atoms with Crippen molar-refractivity contribution in [1.29, 1.82) is 0 Å². The first kappa shape index (κ1) is 34.1. The molecule has 0 atom stereocenters. The van der Waals surface area contributed by atoms with Gasteiger partial charge in [0.15, 0.2) is 0 Å². The number of aromatic nitrogens is 3. The lowest BCUT2D eigenvalue weighted by atomic mass is 9.87. The Balaban J connectivity index is 1.40. The molecule has 0 aliphatic carbocycles. The van der Waals surface area contributed by atoms with Crippen LogP contribution >= 0.6 is 0 Å².